The van der Waals surface area contributed by atoms with Crippen molar-refractivity contribution in [1.29, 1.82) is 0 Å². The van der Waals surface area contributed by atoms with Crippen molar-refractivity contribution in [3.8, 4) is 5.75 Å². The lowest BCUT2D eigenvalue weighted by Crippen LogP contribution is -2.45. The molecule has 5 rings (SSSR count). The number of esters is 1. The van der Waals surface area contributed by atoms with Crippen molar-refractivity contribution in [3.63, 3.8) is 0 Å². The number of aromatic amines is 1. The van der Waals surface area contributed by atoms with Crippen LogP contribution in [-0.4, -0.2) is 95.6 Å². The number of rotatable bonds is 7. The number of carbonyl (C=O) groups excluding carboxylic acids is 2. The van der Waals surface area contributed by atoms with Crippen molar-refractivity contribution in [2.45, 2.75) is 45.4 Å². The fourth-order valence-electron chi connectivity index (χ4n) is 5.40. The molecule has 2 aliphatic heterocycles. The summed E-state index contributed by atoms with van der Waals surface area (Å²) in [5.41, 5.74) is 0.413. The lowest BCUT2D eigenvalue weighted by molar-refractivity contribution is -0.140. The molecule has 1 amide bonds. The van der Waals surface area contributed by atoms with E-state index in [4.69, 9.17) is 9.47 Å². The number of piperazine rings is 1. The fourth-order valence-corrected chi connectivity index (χ4v) is 6.51. The summed E-state index contributed by atoms with van der Waals surface area (Å²) in [6.07, 6.45) is -3.64. The molecule has 0 saturated carbocycles. The third-order valence-corrected chi connectivity index (χ3v) is 8.70. The maximum absolute atomic E-state index is 13.8. The van der Waals surface area contributed by atoms with Crippen LogP contribution in [-0.2, 0) is 21.1 Å². The summed E-state index contributed by atoms with van der Waals surface area (Å²) in [5.74, 6) is -0.420. The van der Waals surface area contributed by atoms with Crippen LogP contribution in [0.25, 0.3) is 15.9 Å². The monoisotopic (exact) mass is 619 g/mol. The van der Waals surface area contributed by atoms with Gasteiger partial charge in [0.05, 0.1) is 22.1 Å². The Labute approximate surface area is 252 Å². The SMILES string of the molecule is CC(C)OC(=O)C1=CN(C(=O)c2ccc(OCCN3CCN(C)CC3)cc2)CC(C)(C)c2c1[nH]c1nc(C(F)(F)F)sc21. The highest BCUT2D eigenvalue weighted by Gasteiger charge is 2.41. The van der Waals surface area contributed by atoms with Crippen LogP contribution in [0.1, 0.15) is 54.3 Å². The first-order valence-electron chi connectivity index (χ1n) is 14.2. The average Bonchev–Trinajstić information content (AvgIpc) is 3.47. The minimum absolute atomic E-state index is 0.0432. The minimum Gasteiger partial charge on any atom is -0.492 e. The van der Waals surface area contributed by atoms with Crippen molar-refractivity contribution in [3.05, 3.63) is 52.3 Å². The number of likely N-dealkylation sites (N-methyl/N-ethyl adjacent to an activating group) is 1. The number of carbonyl (C=O) groups is 2. The molecule has 9 nitrogen and oxygen atoms in total. The summed E-state index contributed by atoms with van der Waals surface area (Å²) in [5, 5.41) is -0.981. The number of ether oxygens (including phenoxy) is 2. The molecule has 1 N–H and O–H groups in total. The molecule has 1 fully saturated rings. The molecule has 0 bridgehead atoms. The van der Waals surface area contributed by atoms with Gasteiger partial charge in [-0.2, -0.15) is 13.2 Å². The Bertz CT molecular complexity index is 1520. The van der Waals surface area contributed by atoms with Gasteiger partial charge in [0.1, 0.15) is 18.0 Å². The maximum Gasteiger partial charge on any atom is 0.443 e. The van der Waals surface area contributed by atoms with Crippen LogP contribution in [0.15, 0.2) is 30.5 Å². The molecule has 232 valence electrons. The van der Waals surface area contributed by atoms with Crippen LogP contribution < -0.4 is 4.74 Å². The molecule has 0 aliphatic carbocycles. The number of amides is 1. The molecule has 0 radical (unpaired) electrons. The predicted octanol–water partition coefficient (Wildman–Crippen LogP) is 5.00. The third kappa shape index (κ3) is 6.73. The van der Waals surface area contributed by atoms with Gasteiger partial charge in [0.2, 0.25) is 5.01 Å². The van der Waals surface area contributed by atoms with E-state index < -0.39 is 28.7 Å². The van der Waals surface area contributed by atoms with Crippen LogP contribution in [0.2, 0.25) is 0 Å². The number of H-pyrrole nitrogens is 1. The summed E-state index contributed by atoms with van der Waals surface area (Å²) in [6, 6.07) is 6.81. The van der Waals surface area contributed by atoms with Crippen molar-refractivity contribution in [2.24, 2.45) is 0 Å². The van der Waals surface area contributed by atoms with Gasteiger partial charge < -0.3 is 24.3 Å². The van der Waals surface area contributed by atoms with Crippen molar-refractivity contribution >= 4 is 39.1 Å². The van der Waals surface area contributed by atoms with Crippen LogP contribution in [0.4, 0.5) is 13.2 Å². The van der Waals surface area contributed by atoms with Crippen molar-refractivity contribution in [2.75, 3.05) is 52.9 Å². The summed E-state index contributed by atoms with van der Waals surface area (Å²) in [6.45, 7) is 12.6. The largest absolute Gasteiger partial charge is 0.492 e. The van der Waals surface area contributed by atoms with Crippen molar-refractivity contribution < 1.29 is 32.2 Å². The minimum atomic E-state index is -4.61. The highest BCUT2D eigenvalue weighted by molar-refractivity contribution is 7.18. The first kappa shape index (κ1) is 31.0. The maximum atomic E-state index is 13.8. The molecule has 2 aromatic heterocycles. The molecule has 43 heavy (non-hydrogen) atoms. The number of hydrogen-bond donors (Lipinski definition) is 1. The van der Waals surface area contributed by atoms with Gasteiger partial charge in [-0.25, -0.2) is 9.78 Å². The number of benzene rings is 1. The van der Waals surface area contributed by atoms with E-state index in [2.05, 4.69) is 26.8 Å². The number of alkyl halides is 3. The number of nitrogens with zero attached hydrogens (tertiary/aromatic N) is 4. The highest BCUT2D eigenvalue weighted by Crippen LogP contribution is 2.45. The van der Waals surface area contributed by atoms with E-state index in [0.717, 1.165) is 32.7 Å². The van der Waals surface area contributed by atoms with Gasteiger partial charge >= 0.3 is 12.1 Å². The second kappa shape index (κ2) is 11.9. The first-order valence-corrected chi connectivity index (χ1v) is 15.0. The molecule has 0 atom stereocenters. The standard InChI is InChI=1S/C30H36F3N5O4S/c1-18(2)42-27(40)21-16-38(17-29(3,4)22-23(21)34-25-24(22)43-28(35-25)30(31,32)33)26(39)19-6-8-20(9-7-19)41-15-14-37-12-10-36(5)11-13-37/h6-9,16,18,34H,10-15,17H2,1-5H3. The quantitative estimate of drug-likeness (QED) is 0.373. The van der Waals surface area contributed by atoms with E-state index in [1.54, 1.807) is 38.1 Å². The molecule has 4 heterocycles. The fraction of sp³-hybridized carbons (Fsp3) is 0.500. The zero-order valence-electron chi connectivity index (χ0n) is 24.9. The van der Waals surface area contributed by atoms with E-state index >= 15 is 0 Å². The van der Waals surface area contributed by atoms with E-state index in [-0.39, 0.29) is 23.7 Å². The number of aromatic nitrogens is 2. The number of thiazole rings is 1. The second-order valence-electron chi connectivity index (χ2n) is 11.9. The first-order chi connectivity index (χ1) is 20.2. The third-order valence-electron chi connectivity index (χ3n) is 7.58. The van der Waals surface area contributed by atoms with Crippen LogP contribution in [0.3, 0.4) is 0 Å². The zero-order chi connectivity index (χ0) is 31.1. The van der Waals surface area contributed by atoms with Gasteiger partial charge in [0.25, 0.3) is 5.91 Å². The van der Waals surface area contributed by atoms with E-state index in [1.807, 2.05) is 13.8 Å². The van der Waals surface area contributed by atoms with Gasteiger partial charge in [0.15, 0.2) is 0 Å². The summed E-state index contributed by atoms with van der Waals surface area (Å²) < 4.78 is 52.1. The van der Waals surface area contributed by atoms with Crippen LogP contribution in [0, 0.1) is 0 Å². The molecular formula is C30H36F3N5O4S. The molecular weight excluding hydrogens is 583 g/mol. The number of nitrogens with one attached hydrogen (secondary N) is 1. The Morgan fingerprint density at radius 1 is 1.12 bits per heavy atom. The lowest BCUT2D eigenvalue weighted by Gasteiger charge is -2.32. The van der Waals surface area contributed by atoms with E-state index in [1.165, 1.54) is 11.1 Å². The summed E-state index contributed by atoms with van der Waals surface area (Å²) >= 11 is 0.519. The van der Waals surface area contributed by atoms with Crippen LogP contribution >= 0.6 is 11.3 Å². The van der Waals surface area contributed by atoms with Gasteiger partial charge in [-0.1, -0.05) is 13.8 Å². The molecule has 3 aromatic rings. The second-order valence-corrected chi connectivity index (χ2v) is 12.9. The number of halogens is 3. The normalized spacial score (nSPS) is 18.0. The molecule has 13 heteroatoms. The Morgan fingerprint density at radius 2 is 1.79 bits per heavy atom. The van der Waals surface area contributed by atoms with Crippen molar-refractivity contribution in [1.82, 2.24) is 24.7 Å². The molecule has 0 spiro atoms. The summed E-state index contributed by atoms with van der Waals surface area (Å²) in [4.78, 5) is 39.8. The number of hydrogen-bond acceptors (Lipinski definition) is 8. The Morgan fingerprint density at radius 3 is 2.42 bits per heavy atom. The van der Waals surface area contributed by atoms with E-state index in [0.29, 0.717) is 45.2 Å². The lowest BCUT2D eigenvalue weighted by atomic mass is 9.83. The Kier molecular flexibility index (Phi) is 8.61. The topological polar surface area (TPSA) is 91.0 Å². The van der Waals surface area contributed by atoms with Crippen LogP contribution in [0.5, 0.6) is 5.75 Å². The average molecular weight is 620 g/mol. The summed E-state index contributed by atoms with van der Waals surface area (Å²) in [7, 11) is 2.11. The van der Waals surface area contributed by atoms with Gasteiger partial charge in [0, 0.05) is 62.0 Å². The van der Waals surface area contributed by atoms with E-state index in [9.17, 15) is 22.8 Å². The molecule has 2 aliphatic rings. The van der Waals surface area contributed by atoms with Gasteiger partial charge in [-0.3, -0.25) is 9.69 Å². The van der Waals surface area contributed by atoms with Gasteiger partial charge in [-0.15, -0.1) is 11.3 Å². The Balaban J connectivity index is 1.39. The van der Waals surface area contributed by atoms with Gasteiger partial charge in [-0.05, 0) is 45.2 Å². The molecule has 1 aromatic carbocycles. The highest BCUT2D eigenvalue weighted by atomic mass is 32.1. The zero-order valence-corrected chi connectivity index (χ0v) is 25.7. The smallest absolute Gasteiger partial charge is 0.443 e. The molecule has 1 saturated heterocycles. The predicted molar refractivity (Wildman–Crippen MR) is 158 cm³/mol. The Hall–Kier alpha value is -3.42. The molecule has 0 unspecified atom stereocenters. The number of fused-ring (bicyclic) bond motifs is 3.